The molecule has 2 aliphatic rings. The zero-order valence-electron chi connectivity index (χ0n) is 18.9. The van der Waals surface area contributed by atoms with Crippen LogP contribution in [0.2, 0.25) is 5.02 Å². The van der Waals surface area contributed by atoms with Crippen molar-refractivity contribution in [1.29, 1.82) is 0 Å². The van der Waals surface area contributed by atoms with Gasteiger partial charge >= 0.3 is 5.97 Å². The molecule has 3 unspecified atom stereocenters. The molecule has 2 amide bonds. The van der Waals surface area contributed by atoms with E-state index in [-0.39, 0.29) is 11.6 Å². The Morgan fingerprint density at radius 1 is 1.38 bits per heavy atom. The van der Waals surface area contributed by atoms with Crippen molar-refractivity contribution in [2.24, 2.45) is 13.0 Å². The maximum Gasteiger partial charge on any atom is 0.352 e. The Labute approximate surface area is 208 Å². The lowest BCUT2D eigenvalue weighted by molar-refractivity contribution is -0.151. The predicted molar refractivity (Wildman–Crippen MR) is 125 cm³/mol. The van der Waals surface area contributed by atoms with Crippen molar-refractivity contribution in [2.45, 2.75) is 43.9 Å². The average Bonchev–Trinajstić information content (AvgIpc) is 3.32. The summed E-state index contributed by atoms with van der Waals surface area (Å²) in [6.07, 6.45) is 0. The van der Waals surface area contributed by atoms with Gasteiger partial charge in [-0.2, -0.15) is 5.10 Å². The molecule has 0 spiro atoms. The Balaban J connectivity index is 1.42. The van der Waals surface area contributed by atoms with Crippen molar-refractivity contribution in [3.63, 3.8) is 0 Å². The molecule has 2 aromatic heterocycles. The maximum atomic E-state index is 12.9. The third kappa shape index (κ3) is 4.41. The molecule has 182 valence electrons. The molecule has 0 aliphatic carbocycles. The second kappa shape index (κ2) is 9.58. The van der Waals surface area contributed by atoms with E-state index in [1.165, 1.54) is 33.1 Å². The third-order valence-corrected chi connectivity index (χ3v) is 8.68. The number of carbonyl (C=O) groups is 3. The number of fused-ring (bicyclic) bond motifs is 1. The molecule has 0 saturated carbocycles. The topological polar surface area (TPSA) is 148 Å². The number of hydrogen-bond acceptors (Lipinski definition) is 9. The van der Waals surface area contributed by atoms with Crippen molar-refractivity contribution >= 4 is 52.9 Å². The van der Waals surface area contributed by atoms with Gasteiger partial charge in [-0.25, -0.2) is 9.48 Å². The van der Waals surface area contributed by atoms with Gasteiger partial charge in [0.15, 0.2) is 0 Å². The summed E-state index contributed by atoms with van der Waals surface area (Å²) in [4.78, 5) is 39.0. The highest BCUT2D eigenvalue weighted by molar-refractivity contribution is 8.01. The highest BCUT2D eigenvalue weighted by Gasteiger charge is 2.54. The molecule has 2 N–H and O–H groups in total. The van der Waals surface area contributed by atoms with Gasteiger partial charge in [0.05, 0.1) is 28.9 Å². The minimum absolute atomic E-state index is 0.0350. The van der Waals surface area contributed by atoms with Gasteiger partial charge in [-0.1, -0.05) is 30.3 Å². The quantitative estimate of drug-likeness (QED) is 0.374. The Morgan fingerprint density at radius 3 is 2.71 bits per heavy atom. The number of aromatic nitrogens is 6. The van der Waals surface area contributed by atoms with Crippen molar-refractivity contribution in [3.05, 3.63) is 27.7 Å². The summed E-state index contributed by atoms with van der Waals surface area (Å²) in [5.74, 6) is -1.64. The summed E-state index contributed by atoms with van der Waals surface area (Å²) in [7, 11) is 1.69. The molecule has 1 saturated heterocycles. The van der Waals surface area contributed by atoms with Crippen LogP contribution >= 0.6 is 35.1 Å². The summed E-state index contributed by atoms with van der Waals surface area (Å²) < 4.78 is 3.17. The number of aryl methyl sites for hydroxylation is 2. The number of nitrogens with zero attached hydrogens (tertiary/aromatic N) is 7. The fourth-order valence-electron chi connectivity index (χ4n) is 3.78. The van der Waals surface area contributed by atoms with Crippen molar-refractivity contribution < 1.29 is 19.5 Å². The molecule has 4 rings (SSSR count). The van der Waals surface area contributed by atoms with E-state index in [4.69, 9.17) is 11.6 Å². The minimum Gasteiger partial charge on any atom is -0.477 e. The Bertz CT molecular complexity index is 1200. The lowest BCUT2D eigenvalue weighted by atomic mass is 10.0. The summed E-state index contributed by atoms with van der Waals surface area (Å²) in [5, 5.41) is 28.8. The van der Waals surface area contributed by atoms with Gasteiger partial charge in [0.1, 0.15) is 17.1 Å². The highest BCUT2D eigenvalue weighted by Crippen LogP contribution is 2.41. The van der Waals surface area contributed by atoms with Crippen LogP contribution in [0.3, 0.4) is 0 Å². The van der Waals surface area contributed by atoms with Gasteiger partial charge in [0.2, 0.25) is 11.1 Å². The number of amides is 2. The number of rotatable bonds is 8. The number of thioether (sulfide) groups is 2. The summed E-state index contributed by atoms with van der Waals surface area (Å²) in [5.41, 5.74) is 2.03. The molecular formula is C19H23ClN8O4S2. The predicted octanol–water partition coefficient (Wildman–Crippen LogP) is 0.844. The molecule has 0 aromatic carbocycles. The van der Waals surface area contributed by atoms with Gasteiger partial charge in [-0.05, 0) is 29.8 Å². The first-order chi connectivity index (χ1) is 16.1. The van der Waals surface area contributed by atoms with E-state index < -0.39 is 29.2 Å². The Hall–Kier alpha value is -2.58. The first kappa shape index (κ1) is 24.5. The smallest absolute Gasteiger partial charge is 0.352 e. The van der Waals surface area contributed by atoms with Crippen LogP contribution in [0.1, 0.15) is 18.3 Å². The van der Waals surface area contributed by atoms with Gasteiger partial charge in [-0.3, -0.25) is 19.2 Å². The summed E-state index contributed by atoms with van der Waals surface area (Å²) >= 11 is 8.90. The minimum atomic E-state index is -1.18. The van der Waals surface area contributed by atoms with Crippen LogP contribution in [0.4, 0.5) is 0 Å². The largest absolute Gasteiger partial charge is 0.477 e. The summed E-state index contributed by atoms with van der Waals surface area (Å²) in [6.45, 7) is 5.68. The lowest BCUT2D eigenvalue weighted by Crippen LogP contribution is -2.71. The number of β-lactam (4-membered cyclic amide) rings is 1. The standard InChI is InChI=1S/C19H23ClN8O4S2/c1-8(5-27-10(3)12(20)9(2)23-27)15(29)21-13-16(30)28-14(18(31)32)11(6-33-17(13)28)7-34-19-22-24-25-26(19)4/h8,13,17H,5-7H2,1-4H3,(H,21,29)(H,31,32). The van der Waals surface area contributed by atoms with Crippen LogP contribution in [0, 0.1) is 19.8 Å². The van der Waals surface area contributed by atoms with Crippen LogP contribution in [0.5, 0.6) is 0 Å². The number of tetrazole rings is 1. The molecule has 12 nitrogen and oxygen atoms in total. The van der Waals surface area contributed by atoms with Gasteiger partial charge in [0.25, 0.3) is 5.91 Å². The van der Waals surface area contributed by atoms with E-state index in [2.05, 4.69) is 25.9 Å². The zero-order chi connectivity index (χ0) is 24.7. The molecule has 4 heterocycles. The molecule has 0 bridgehead atoms. The van der Waals surface area contributed by atoms with Crippen molar-refractivity contribution in [3.8, 4) is 0 Å². The summed E-state index contributed by atoms with van der Waals surface area (Å²) in [6, 6.07) is -0.782. The maximum absolute atomic E-state index is 12.9. The number of nitrogens with one attached hydrogen (secondary N) is 1. The first-order valence-corrected chi connectivity index (χ1v) is 12.8. The number of carboxylic acids is 1. The fourth-order valence-corrected chi connectivity index (χ4v) is 6.25. The van der Waals surface area contributed by atoms with Crippen LogP contribution in [0.15, 0.2) is 16.4 Å². The van der Waals surface area contributed by atoms with E-state index in [9.17, 15) is 19.5 Å². The van der Waals surface area contributed by atoms with Crippen LogP contribution < -0.4 is 5.32 Å². The zero-order valence-corrected chi connectivity index (χ0v) is 21.2. The Morgan fingerprint density at radius 2 is 2.12 bits per heavy atom. The highest BCUT2D eigenvalue weighted by atomic mass is 35.5. The van der Waals surface area contributed by atoms with E-state index in [0.717, 1.165) is 5.69 Å². The van der Waals surface area contributed by atoms with E-state index >= 15 is 0 Å². The normalized spacial score (nSPS) is 20.7. The van der Waals surface area contributed by atoms with E-state index in [0.29, 0.717) is 39.5 Å². The molecule has 15 heteroatoms. The number of halogens is 1. The molecule has 34 heavy (non-hydrogen) atoms. The SMILES string of the molecule is Cc1nn(CC(C)C(=O)NC2C(=O)N3C(C(=O)O)=C(CSc4nnnn4C)CSC23)c(C)c1Cl. The molecule has 2 aromatic rings. The second-order valence-corrected chi connectivity index (χ2v) is 10.5. The molecule has 1 fully saturated rings. The van der Waals surface area contributed by atoms with Gasteiger partial charge in [-0.15, -0.1) is 16.9 Å². The molecule has 0 radical (unpaired) electrons. The van der Waals surface area contributed by atoms with Crippen LogP contribution in [-0.2, 0) is 28.0 Å². The van der Waals surface area contributed by atoms with E-state index in [1.54, 1.807) is 25.6 Å². The van der Waals surface area contributed by atoms with Crippen LogP contribution in [0.25, 0.3) is 0 Å². The fraction of sp³-hybridized carbons (Fsp3) is 0.526. The van der Waals surface area contributed by atoms with Gasteiger partial charge in [0, 0.05) is 18.6 Å². The average molecular weight is 527 g/mol. The monoisotopic (exact) mass is 526 g/mol. The van der Waals surface area contributed by atoms with Crippen molar-refractivity contribution in [2.75, 3.05) is 11.5 Å². The van der Waals surface area contributed by atoms with Gasteiger partial charge < -0.3 is 10.4 Å². The first-order valence-electron chi connectivity index (χ1n) is 10.3. The number of carbonyl (C=O) groups excluding carboxylic acids is 2. The second-order valence-electron chi connectivity index (χ2n) is 8.10. The van der Waals surface area contributed by atoms with Crippen LogP contribution in [-0.4, -0.2) is 80.7 Å². The Kier molecular flexibility index (Phi) is 6.92. The number of aliphatic carboxylic acids is 1. The molecule has 2 aliphatic heterocycles. The molecular weight excluding hydrogens is 504 g/mol. The lowest BCUT2D eigenvalue weighted by Gasteiger charge is -2.49. The third-order valence-electron chi connectivity index (χ3n) is 5.69. The van der Waals surface area contributed by atoms with Crippen molar-refractivity contribution in [1.82, 2.24) is 40.2 Å². The molecule has 3 atom stereocenters. The number of hydrogen-bond donors (Lipinski definition) is 2. The van der Waals surface area contributed by atoms with E-state index in [1.807, 2.05) is 6.92 Å². The number of carboxylic acid groups (broad SMARTS) is 1.